The number of carbonyl (C=O) groups is 2. The minimum atomic E-state index is -0.545. The number of anilines is 2. The molecular weight excluding hydrogens is 496 g/mol. The van der Waals surface area contributed by atoms with E-state index in [0.29, 0.717) is 51.5 Å². The lowest BCUT2D eigenvalue weighted by Crippen LogP contribution is -2.55. The van der Waals surface area contributed by atoms with Gasteiger partial charge in [-0.15, -0.1) is 0 Å². The summed E-state index contributed by atoms with van der Waals surface area (Å²) in [4.78, 5) is 37.7. The topological polar surface area (TPSA) is 102 Å². The van der Waals surface area contributed by atoms with E-state index in [4.69, 9.17) is 9.47 Å². The number of pyridine rings is 1. The highest BCUT2D eigenvalue weighted by Gasteiger charge is 2.32. The van der Waals surface area contributed by atoms with Gasteiger partial charge in [0.15, 0.2) is 0 Å². The Morgan fingerprint density at radius 1 is 1.00 bits per heavy atom. The molecular formula is C29H38N6O4. The number of rotatable bonds is 5. The number of hydrogen-bond donors (Lipinski definition) is 0. The quantitative estimate of drug-likeness (QED) is 0.561. The maximum Gasteiger partial charge on any atom is 0.410 e. The summed E-state index contributed by atoms with van der Waals surface area (Å²) in [6.45, 7) is 11.9. The number of amides is 2. The molecule has 0 aliphatic carbocycles. The molecule has 1 aromatic heterocycles. The molecule has 0 unspecified atom stereocenters. The molecule has 10 heteroatoms. The lowest BCUT2D eigenvalue weighted by atomic mass is 10.1. The van der Waals surface area contributed by atoms with Crippen LogP contribution in [0.2, 0.25) is 0 Å². The molecule has 10 nitrogen and oxygen atoms in total. The molecule has 4 rings (SSSR count). The van der Waals surface area contributed by atoms with Gasteiger partial charge in [-0.05, 0) is 38.8 Å². The van der Waals surface area contributed by atoms with Gasteiger partial charge in [0, 0.05) is 63.6 Å². The van der Waals surface area contributed by atoms with Gasteiger partial charge in [-0.25, -0.2) is 14.6 Å². The zero-order valence-electron chi connectivity index (χ0n) is 23.3. The molecule has 3 heterocycles. The van der Waals surface area contributed by atoms with Crippen LogP contribution in [-0.2, 0) is 16.1 Å². The summed E-state index contributed by atoms with van der Waals surface area (Å²) in [7, 11) is 0. The third-order valence-corrected chi connectivity index (χ3v) is 6.92. The lowest BCUT2D eigenvalue weighted by Gasteiger charge is -2.42. The van der Waals surface area contributed by atoms with Crippen molar-refractivity contribution in [1.82, 2.24) is 14.8 Å². The first kappa shape index (κ1) is 28.0. The van der Waals surface area contributed by atoms with Crippen LogP contribution in [-0.4, -0.2) is 84.4 Å². The number of benzene rings is 1. The molecule has 0 radical (unpaired) electrons. The number of piperazine rings is 2. The number of hydrogen-bond acceptors (Lipinski definition) is 8. The van der Waals surface area contributed by atoms with E-state index in [1.165, 1.54) is 0 Å². The molecule has 2 fully saturated rings. The first-order valence-electron chi connectivity index (χ1n) is 13.5. The predicted octanol–water partition coefficient (Wildman–Crippen LogP) is 4.25. The van der Waals surface area contributed by atoms with Gasteiger partial charge in [0.2, 0.25) is 0 Å². The van der Waals surface area contributed by atoms with Crippen molar-refractivity contribution in [2.75, 3.05) is 55.6 Å². The van der Waals surface area contributed by atoms with Gasteiger partial charge >= 0.3 is 12.2 Å². The standard InChI is InChI=1S/C29H38N6O4/c1-5-24-20-34(28(37)39-29(2,3)4)15-16-35(24)26-18-25(17-23(19-30)31-26)32-11-13-33(14-12-32)27(36)38-21-22-9-7-6-8-10-22/h6-10,17-18,24H,5,11-16,20-21H2,1-4H3/t24-/m0/s1. The largest absolute Gasteiger partial charge is 0.445 e. The second-order valence-corrected chi connectivity index (χ2v) is 10.9. The minimum absolute atomic E-state index is 0.0526. The molecule has 39 heavy (non-hydrogen) atoms. The average molecular weight is 535 g/mol. The van der Waals surface area contributed by atoms with E-state index in [-0.39, 0.29) is 24.8 Å². The average Bonchev–Trinajstić information content (AvgIpc) is 2.95. The molecule has 1 aromatic carbocycles. The smallest absolute Gasteiger partial charge is 0.410 e. The number of nitriles is 1. The summed E-state index contributed by atoms with van der Waals surface area (Å²) >= 11 is 0. The Morgan fingerprint density at radius 2 is 1.69 bits per heavy atom. The van der Waals surface area contributed by atoms with Crippen molar-refractivity contribution in [1.29, 1.82) is 5.26 Å². The van der Waals surface area contributed by atoms with E-state index in [9.17, 15) is 14.9 Å². The minimum Gasteiger partial charge on any atom is -0.445 e. The Morgan fingerprint density at radius 3 is 2.33 bits per heavy atom. The molecule has 1 atom stereocenters. The zero-order chi connectivity index (χ0) is 28.0. The molecule has 2 aliphatic heterocycles. The molecule has 0 bridgehead atoms. The van der Waals surface area contributed by atoms with Gasteiger partial charge in [-0.2, -0.15) is 5.26 Å². The summed E-state index contributed by atoms with van der Waals surface area (Å²) in [5, 5.41) is 9.71. The van der Waals surface area contributed by atoms with Crippen molar-refractivity contribution in [2.45, 2.75) is 52.4 Å². The Labute approximate surface area is 230 Å². The van der Waals surface area contributed by atoms with Gasteiger partial charge < -0.3 is 29.1 Å². The van der Waals surface area contributed by atoms with Crippen LogP contribution in [0.25, 0.3) is 0 Å². The SMILES string of the molecule is CC[C@H]1CN(C(=O)OC(C)(C)C)CCN1c1cc(N2CCN(C(=O)OCc3ccccc3)CC2)cc(C#N)n1. The zero-order valence-corrected chi connectivity index (χ0v) is 23.3. The summed E-state index contributed by atoms with van der Waals surface area (Å²) < 4.78 is 11.1. The van der Waals surface area contributed by atoms with Gasteiger partial charge in [0.1, 0.15) is 29.8 Å². The van der Waals surface area contributed by atoms with Crippen LogP contribution in [0, 0.1) is 11.3 Å². The second-order valence-electron chi connectivity index (χ2n) is 10.9. The molecule has 0 spiro atoms. The summed E-state index contributed by atoms with van der Waals surface area (Å²) in [6, 6.07) is 15.7. The molecule has 2 saturated heterocycles. The predicted molar refractivity (Wildman–Crippen MR) is 149 cm³/mol. The Hall–Kier alpha value is -4.00. The van der Waals surface area contributed by atoms with Crippen molar-refractivity contribution >= 4 is 23.7 Å². The van der Waals surface area contributed by atoms with Crippen LogP contribution < -0.4 is 9.80 Å². The number of nitrogens with zero attached hydrogens (tertiary/aromatic N) is 6. The fourth-order valence-electron chi connectivity index (χ4n) is 4.85. The van der Waals surface area contributed by atoms with E-state index < -0.39 is 5.60 Å². The van der Waals surface area contributed by atoms with Crippen molar-refractivity contribution < 1.29 is 19.1 Å². The summed E-state index contributed by atoms with van der Waals surface area (Å²) in [5.41, 5.74) is 1.65. The van der Waals surface area contributed by atoms with Gasteiger partial charge in [-0.3, -0.25) is 0 Å². The Balaban J connectivity index is 1.39. The highest BCUT2D eigenvalue weighted by molar-refractivity contribution is 5.69. The molecule has 0 saturated carbocycles. The fraction of sp³-hybridized carbons (Fsp3) is 0.517. The molecule has 208 valence electrons. The lowest BCUT2D eigenvalue weighted by molar-refractivity contribution is 0.0213. The van der Waals surface area contributed by atoms with Crippen molar-refractivity contribution in [3.63, 3.8) is 0 Å². The van der Waals surface area contributed by atoms with Crippen LogP contribution in [0.1, 0.15) is 45.4 Å². The third-order valence-electron chi connectivity index (χ3n) is 6.92. The van der Waals surface area contributed by atoms with Crippen LogP contribution in [0.5, 0.6) is 0 Å². The second kappa shape index (κ2) is 12.2. The Bertz CT molecular complexity index is 1180. The first-order valence-corrected chi connectivity index (χ1v) is 13.5. The molecule has 2 amide bonds. The van der Waals surface area contributed by atoms with Crippen molar-refractivity contribution in [2.24, 2.45) is 0 Å². The summed E-state index contributed by atoms with van der Waals surface area (Å²) in [5.74, 6) is 0.726. The van der Waals surface area contributed by atoms with Crippen LogP contribution in [0.3, 0.4) is 0 Å². The van der Waals surface area contributed by atoms with Gasteiger partial charge in [-0.1, -0.05) is 37.3 Å². The highest BCUT2D eigenvalue weighted by atomic mass is 16.6. The Kier molecular flexibility index (Phi) is 8.79. The summed E-state index contributed by atoms with van der Waals surface area (Å²) in [6.07, 6.45) is 0.192. The first-order chi connectivity index (χ1) is 18.7. The third kappa shape index (κ3) is 7.31. The van der Waals surface area contributed by atoms with Crippen molar-refractivity contribution in [3.05, 3.63) is 53.7 Å². The van der Waals surface area contributed by atoms with Gasteiger partial charge in [0.25, 0.3) is 0 Å². The van der Waals surface area contributed by atoms with E-state index in [0.717, 1.165) is 23.5 Å². The monoisotopic (exact) mass is 534 g/mol. The molecule has 0 N–H and O–H groups in total. The highest BCUT2D eigenvalue weighted by Crippen LogP contribution is 2.28. The van der Waals surface area contributed by atoms with Crippen molar-refractivity contribution in [3.8, 4) is 6.07 Å². The molecule has 2 aromatic rings. The van der Waals surface area contributed by atoms with E-state index in [1.54, 1.807) is 15.9 Å². The molecule has 2 aliphatic rings. The van der Waals surface area contributed by atoms with Crippen LogP contribution >= 0.6 is 0 Å². The van der Waals surface area contributed by atoms with Crippen LogP contribution in [0.4, 0.5) is 21.1 Å². The number of aromatic nitrogens is 1. The number of carbonyl (C=O) groups excluding carboxylic acids is 2. The number of ether oxygens (including phenoxy) is 2. The maximum atomic E-state index is 12.7. The maximum absolute atomic E-state index is 12.7. The van der Waals surface area contributed by atoms with E-state index in [2.05, 4.69) is 27.8 Å². The van der Waals surface area contributed by atoms with E-state index in [1.807, 2.05) is 57.2 Å². The normalized spacial score (nSPS) is 18.0. The van der Waals surface area contributed by atoms with Crippen LogP contribution in [0.15, 0.2) is 42.5 Å². The van der Waals surface area contributed by atoms with Gasteiger partial charge in [0.05, 0.1) is 0 Å². The van der Waals surface area contributed by atoms with E-state index >= 15 is 0 Å². The fourth-order valence-corrected chi connectivity index (χ4v) is 4.85.